The van der Waals surface area contributed by atoms with Crippen LogP contribution in [0, 0.1) is 0 Å². The van der Waals surface area contributed by atoms with E-state index in [1.165, 1.54) is 0 Å². The number of carbonyl (C=O) groups excluding carboxylic acids is 1. The van der Waals surface area contributed by atoms with Crippen LogP contribution in [-0.2, 0) is 4.79 Å². The van der Waals surface area contributed by atoms with Crippen molar-refractivity contribution in [3.05, 3.63) is 64.3 Å². The van der Waals surface area contributed by atoms with Crippen molar-refractivity contribution in [3.63, 3.8) is 0 Å². The lowest BCUT2D eigenvalue weighted by Crippen LogP contribution is -2.24. The van der Waals surface area contributed by atoms with Gasteiger partial charge in [0.25, 0.3) is 5.91 Å². The molecule has 0 bridgehead atoms. The van der Waals surface area contributed by atoms with Crippen LogP contribution in [0.1, 0.15) is 11.1 Å². The van der Waals surface area contributed by atoms with Crippen LogP contribution in [0.4, 0.5) is 0 Å². The quantitative estimate of drug-likeness (QED) is 0.863. The summed E-state index contributed by atoms with van der Waals surface area (Å²) in [4.78, 5) is 16.5. The highest BCUT2D eigenvalue weighted by Gasteiger charge is 2.21. The van der Waals surface area contributed by atoms with Crippen LogP contribution in [0.2, 0.25) is 5.02 Å². The lowest BCUT2D eigenvalue weighted by molar-refractivity contribution is -0.115. The van der Waals surface area contributed by atoms with E-state index in [9.17, 15) is 4.79 Å². The molecule has 2 aromatic rings. The normalized spacial score (nSPS) is 17.3. The van der Waals surface area contributed by atoms with Crippen molar-refractivity contribution < 1.29 is 14.3 Å². The highest BCUT2D eigenvalue weighted by Crippen LogP contribution is 2.33. The number of amidine groups is 1. The van der Waals surface area contributed by atoms with Crippen molar-refractivity contribution in [2.75, 3.05) is 6.79 Å². The molecular weight excluding hydrogens is 316 g/mol. The van der Waals surface area contributed by atoms with Gasteiger partial charge in [-0.05, 0) is 35.9 Å². The zero-order valence-electron chi connectivity index (χ0n) is 11.9. The van der Waals surface area contributed by atoms with E-state index >= 15 is 0 Å². The molecule has 0 fully saturated rings. The molecule has 2 heterocycles. The van der Waals surface area contributed by atoms with Gasteiger partial charge in [0.15, 0.2) is 11.5 Å². The maximum absolute atomic E-state index is 12.1. The van der Waals surface area contributed by atoms with Gasteiger partial charge in [0.05, 0.1) is 0 Å². The summed E-state index contributed by atoms with van der Waals surface area (Å²) in [5.41, 5.74) is 1.91. The average Bonchev–Trinajstić information content (AvgIpc) is 3.14. The number of hydrogen-bond acceptors (Lipinski definition) is 4. The van der Waals surface area contributed by atoms with E-state index in [0.717, 1.165) is 11.1 Å². The van der Waals surface area contributed by atoms with Crippen LogP contribution in [0.15, 0.2) is 53.2 Å². The SMILES string of the molecule is O=C1NC(c2cccc(Cl)c2)=N/C1=C/c1ccc2c(c1)OCO2. The first-order valence-corrected chi connectivity index (χ1v) is 7.34. The van der Waals surface area contributed by atoms with Gasteiger partial charge < -0.3 is 14.8 Å². The number of amides is 1. The van der Waals surface area contributed by atoms with Gasteiger partial charge in [0.1, 0.15) is 11.5 Å². The summed E-state index contributed by atoms with van der Waals surface area (Å²) in [6, 6.07) is 12.6. The minimum absolute atomic E-state index is 0.215. The third kappa shape index (κ3) is 2.66. The van der Waals surface area contributed by atoms with E-state index in [1.54, 1.807) is 18.2 Å². The minimum Gasteiger partial charge on any atom is -0.454 e. The van der Waals surface area contributed by atoms with Crippen LogP contribution in [0.5, 0.6) is 11.5 Å². The molecular formula is C17H11ClN2O3. The molecule has 0 aliphatic carbocycles. The Bertz CT molecular complexity index is 874. The van der Waals surface area contributed by atoms with Crippen molar-refractivity contribution in [2.24, 2.45) is 4.99 Å². The van der Waals surface area contributed by atoms with Crippen LogP contribution in [0.25, 0.3) is 6.08 Å². The Balaban J connectivity index is 1.67. The molecule has 1 N–H and O–H groups in total. The first kappa shape index (κ1) is 13.8. The maximum Gasteiger partial charge on any atom is 0.275 e. The molecule has 5 nitrogen and oxygen atoms in total. The molecule has 114 valence electrons. The van der Waals surface area contributed by atoms with Crippen molar-refractivity contribution >= 4 is 29.4 Å². The van der Waals surface area contributed by atoms with Gasteiger partial charge in [-0.2, -0.15) is 0 Å². The van der Waals surface area contributed by atoms with Crippen LogP contribution in [-0.4, -0.2) is 18.5 Å². The van der Waals surface area contributed by atoms with Crippen LogP contribution < -0.4 is 14.8 Å². The number of halogens is 1. The van der Waals surface area contributed by atoms with Crippen molar-refractivity contribution in [3.8, 4) is 11.5 Å². The molecule has 4 rings (SSSR count). The van der Waals surface area contributed by atoms with Gasteiger partial charge in [-0.15, -0.1) is 0 Å². The van der Waals surface area contributed by atoms with E-state index in [2.05, 4.69) is 10.3 Å². The summed E-state index contributed by atoms with van der Waals surface area (Å²) in [5, 5.41) is 3.34. The zero-order chi connectivity index (χ0) is 15.8. The van der Waals surface area contributed by atoms with Gasteiger partial charge in [-0.3, -0.25) is 4.79 Å². The van der Waals surface area contributed by atoms with Gasteiger partial charge in [-0.1, -0.05) is 29.8 Å². The predicted octanol–water partition coefficient (Wildman–Crippen LogP) is 2.99. The number of carbonyl (C=O) groups is 1. The number of fused-ring (bicyclic) bond motifs is 1. The van der Waals surface area contributed by atoms with Gasteiger partial charge in [0.2, 0.25) is 6.79 Å². The lowest BCUT2D eigenvalue weighted by Gasteiger charge is -2.00. The first-order chi connectivity index (χ1) is 11.2. The summed E-state index contributed by atoms with van der Waals surface area (Å²) in [6.07, 6.45) is 1.70. The molecule has 23 heavy (non-hydrogen) atoms. The largest absolute Gasteiger partial charge is 0.454 e. The summed E-state index contributed by atoms with van der Waals surface area (Å²) < 4.78 is 10.6. The number of rotatable bonds is 2. The maximum atomic E-state index is 12.1. The van der Waals surface area contributed by atoms with Crippen LogP contribution in [0.3, 0.4) is 0 Å². The fourth-order valence-electron chi connectivity index (χ4n) is 2.40. The Labute approximate surface area is 137 Å². The topological polar surface area (TPSA) is 59.9 Å². The van der Waals surface area contributed by atoms with E-state index in [-0.39, 0.29) is 12.7 Å². The second kappa shape index (κ2) is 5.44. The second-order valence-electron chi connectivity index (χ2n) is 5.07. The Hall–Kier alpha value is -2.79. The Kier molecular flexibility index (Phi) is 3.28. The molecule has 0 unspecified atom stereocenters. The number of aliphatic imine (C=N–C) groups is 1. The Morgan fingerprint density at radius 1 is 1.13 bits per heavy atom. The van der Waals surface area contributed by atoms with E-state index < -0.39 is 0 Å². The molecule has 0 radical (unpaired) electrons. The monoisotopic (exact) mass is 326 g/mol. The number of benzene rings is 2. The molecule has 0 aromatic heterocycles. The number of hydrogen-bond donors (Lipinski definition) is 1. The second-order valence-corrected chi connectivity index (χ2v) is 5.50. The summed E-state index contributed by atoms with van der Waals surface area (Å²) in [7, 11) is 0. The van der Waals surface area contributed by atoms with E-state index in [4.69, 9.17) is 21.1 Å². The zero-order valence-corrected chi connectivity index (χ0v) is 12.6. The molecule has 0 saturated heterocycles. The van der Waals surface area contributed by atoms with Crippen molar-refractivity contribution in [1.29, 1.82) is 0 Å². The number of nitrogens with one attached hydrogen (secondary N) is 1. The molecule has 2 aliphatic heterocycles. The highest BCUT2D eigenvalue weighted by atomic mass is 35.5. The number of nitrogens with zero attached hydrogens (tertiary/aromatic N) is 1. The van der Waals surface area contributed by atoms with Crippen molar-refractivity contribution in [2.45, 2.75) is 0 Å². The summed E-state index contributed by atoms with van der Waals surface area (Å²) >= 11 is 5.97. The Morgan fingerprint density at radius 2 is 2.00 bits per heavy atom. The molecule has 0 atom stereocenters. The smallest absolute Gasteiger partial charge is 0.275 e. The van der Waals surface area contributed by atoms with Crippen LogP contribution >= 0.6 is 11.6 Å². The fourth-order valence-corrected chi connectivity index (χ4v) is 2.59. The standard InChI is InChI=1S/C17H11ClN2O3/c18-12-3-1-2-11(8-12)16-19-13(17(21)20-16)6-10-4-5-14-15(7-10)23-9-22-14/h1-8H,9H2,(H,19,20,21)/b13-6+. The minimum atomic E-state index is -0.252. The van der Waals surface area contributed by atoms with Gasteiger partial charge >= 0.3 is 0 Å². The summed E-state index contributed by atoms with van der Waals surface area (Å²) in [5.74, 6) is 1.60. The van der Waals surface area contributed by atoms with E-state index in [1.807, 2.05) is 30.3 Å². The molecule has 6 heteroatoms. The molecule has 0 saturated carbocycles. The fraction of sp³-hybridized carbons (Fsp3) is 0.0588. The predicted molar refractivity (Wildman–Crippen MR) is 86.7 cm³/mol. The molecule has 2 aliphatic rings. The third-order valence-electron chi connectivity index (χ3n) is 3.49. The van der Waals surface area contributed by atoms with Crippen molar-refractivity contribution in [1.82, 2.24) is 5.32 Å². The van der Waals surface area contributed by atoms with E-state index in [0.29, 0.717) is 28.1 Å². The Morgan fingerprint density at radius 3 is 2.87 bits per heavy atom. The number of ether oxygens (including phenoxy) is 2. The van der Waals surface area contributed by atoms with Gasteiger partial charge in [-0.25, -0.2) is 4.99 Å². The third-order valence-corrected chi connectivity index (χ3v) is 3.73. The van der Waals surface area contributed by atoms with Gasteiger partial charge in [0, 0.05) is 10.6 Å². The molecule has 0 spiro atoms. The average molecular weight is 327 g/mol. The highest BCUT2D eigenvalue weighted by molar-refractivity contribution is 6.31. The summed E-state index contributed by atoms with van der Waals surface area (Å²) in [6.45, 7) is 0.215. The lowest BCUT2D eigenvalue weighted by atomic mass is 10.1. The molecule has 1 amide bonds. The first-order valence-electron chi connectivity index (χ1n) is 6.96. The molecule has 2 aromatic carbocycles.